The van der Waals surface area contributed by atoms with Crippen LogP contribution < -0.4 is 4.74 Å². The monoisotopic (exact) mass is 542 g/mol. The largest absolute Gasteiger partial charge is 0.456 e. The number of aromatic nitrogens is 2. The molecule has 2 atom stereocenters. The molecule has 6 aromatic rings. The van der Waals surface area contributed by atoms with Crippen LogP contribution in [0.2, 0.25) is 0 Å². The number of hydrogen-bond acceptors (Lipinski definition) is 3. The summed E-state index contributed by atoms with van der Waals surface area (Å²) in [5.74, 6) is 3.32. The highest BCUT2D eigenvalue weighted by molar-refractivity contribution is 6.01. The summed E-state index contributed by atoms with van der Waals surface area (Å²) >= 11 is 0. The van der Waals surface area contributed by atoms with E-state index in [1.165, 1.54) is 44.5 Å². The van der Waals surface area contributed by atoms with Crippen LogP contribution in [0.5, 0.6) is 11.5 Å². The highest BCUT2D eigenvalue weighted by Crippen LogP contribution is 2.55. The first kappa shape index (κ1) is 23.9. The molecule has 2 aliphatic carbocycles. The van der Waals surface area contributed by atoms with E-state index in [0.717, 1.165) is 45.0 Å². The van der Waals surface area contributed by atoms with Gasteiger partial charge in [-0.2, -0.15) is 0 Å². The molecule has 202 valence electrons. The third-order valence-electron chi connectivity index (χ3n) is 10.1. The van der Waals surface area contributed by atoms with Gasteiger partial charge in [0, 0.05) is 16.5 Å². The van der Waals surface area contributed by atoms with E-state index >= 15 is 0 Å². The van der Waals surface area contributed by atoms with Crippen LogP contribution in [0.4, 0.5) is 0 Å². The average Bonchev–Trinajstić information content (AvgIpc) is 3.24. The maximum absolute atomic E-state index is 6.22. The molecule has 9 rings (SSSR count). The van der Waals surface area contributed by atoms with Gasteiger partial charge in [-0.05, 0) is 98.8 Å². The summed E-state index contributed by atoms with van der Waals surface area (Å²) in [4.78, 5) is 10.3. The lowest BCUT2D eigenvalue weighted by Crippen LogP contribution is -2.17. The van der Waals surface area contributed by atoms with E-state index in [-0.39, 0.29) is 5.41 Å². The molecule has 0 radical (unpaired) electrons. The highest BCUT2D eigenvalue weighted by Gasteiger charge is 2.39. The minimum atomic E-state index is -0.0963. The molecule has 0 amide bonds. The van der Waals surface area contributed by atoms with Crippen LogP contribution in [0.15, 0.2) is 97.1 Å². The molecule has 0 N–H and O–H groups in total. The van der Waals surface area contributed by atoms with E-state index in [9.17, 15) is 0 Å². The zero-order chi connectivity index (χ0) is 28.3. The number of fused-ring (bicyclic) bond motifs is 8. The number of para-hydroxylation sites is 1. The Morgan fingerprint density at radius 1 is 0.595 bits per heavy atom. The molecule has 0 saturated heterocycles. The van der Waals surface area contributed by atoms with Gasteiger partial charge in [-0.3, -0.25) is 0 Å². The van der Waals surface area contributed by atoms with Crippen LogP contribution >= 0.6 is 0 Å². The molecule has 3 nitrogen and oxygen atoms in total. The summed E-state index contributed by atoms with van der Waals surface area (Å²) < 4.78 is 6.22. The van der Waals surface area contributed by atoms with Crippen LogP contribution in [0, 0.1) is 0 Å². The molecular weight excluding hydrogens is 512 g/mol. The van der Waals surface area contributed by atoms with Crippen molar-refractivity contribution in [2.24, 2.45) is 0 Å². The van der Waals surface area contributed by atoms with Crippen molar-refractivity contribution in [3.8, 4) is 56.4 Å². The summed E-state index contributed by atoms with van der Waals surface area (Å²) in [6.45, 7) is 9.47. The summed E-state index contributed by atoms with van der Waals surface area (Å²) in [5, 5.41) is 0.975. The fourth-order valence-corrected chi connectivity index (χ4v) is 7.67. The van der Waals surface area contributed by atoms with Crippen LogP contribution in [-0.4, -0.2) is 9.97 Å². The van der Waals surface area contributed by atoms with Gasteiger partial charge < -0.3 is 4.74 Å². The van der Waals surface area contributed by atoms with Crippen molar-refractivity contribution in [2.45, 2.75) is 44.9 Å². The van der Waals surface area contributed by atoms with Gasteiger partial charge in [0.25, 0.3) is 0 Å². The second-order valence-electron chi connectivity index (χ2n) is 12.7. The zero-order valence-corrected chi connectivity index (χ0v) is 24.2. The molecule has 5 aromatic carbocycles. The van der Waals surface area contributed by atoms with Crippen molar-refractivity contribution in [3.63, 3.8) is 0 Å². The minimum absolute atomic E-state index is 0.0963. The van der Waals surface area contributed by atoms with Crippen molar-refractivity contribution >= 4 is 10.9 Å². The van der Waals surface area contributed by atoms with E-state index < -0.39 is 0 Å². The van der Waals surface area contributed by atoms with Crippen molar-refractivity contribution in [2.75, 3.05) is 0 Å². The molecule has 2 unspecified atom stereocenters. The van der Waals surface area contributed by atoms with Crippen LogP contribution in [-0.2, 0) is 5.41 Å². The molecule has 0 spiro atoms. The predicted octanol–water partition coefficient (Wildman–Crippen LogP) is 10.3. The smallest absolute Gasteiger partial charge is 0.160 e. The van der Waals surface area contributed by atoms with Crippen LogP contribution in [0.25, 0.3) is 55.8 Å². The van der Waals surface area contributed by atoms with E-state index in [4.69, 9.17) is 14.7 Å². The van der Waals surface area contributed by atoms with Crippen molar-refractivity contribution < 1.29 is 4.74 Å². The van der Waals surface area contributed by atoms with Crippen LogP contribution in [0.3, 0.4) is 0 Å². The Hall–Kier alpha value is -4.76. The molecule has 0 bridgehead atoms. The van der Waals surface area contributed by atoms with Gasteiger partial charge in [-0.25, -0.2) is 9.97 Å². The van der Waals surface area contributed by atoms with Gasteiger partial charge in [0.1, 0.15) is 11.5 Å². The third kappa shape index (κ3) is 3.06. The predicted molar refractivity (Wildman–Crippen MR) is 170 cm³/mol. The molecule has 3 aliphatic rings. The maximum Gasteiger partial charge on any atom is 0.160 e. The lowest BCUT2D eigenvalue weighted by molar-refractivity contribution is 0.486. The lowest BCUT2D eigenvalue weighted by atomic mass is 9.71. The first-order valence-corrected chi connectivity index (χ1v) is 14.9. The van der Waals surface area contributed by atoms with Crippen molar-refractivity contribution in [1.82, 2.24) is 9.97 Å². The molecular formula is C39H30N2O. The van der Waals surface area contributed by atoms with Crippen LogP contribution in [0.1, 0.15) is 61.8 Å². The zero-order valence-electron chi connectivity index (χ0n) is 24.2. The lowest BCUT2D eigenvalue weighted by Gasteiger charge is -2.33. The normalized spacial score (nSPS) is 18.4. The highest BCUT2D eigenvalue weighted by atomic mass is 16.5. The summed E-state index contributed by atoms with van der Waals surface area (Å²) in [5.41, 5.74) is 14.9. The van der Waals surface area contributed by atoms with Crippen molar-refractivity contribution in [3.05, 3.63) is 119 Å². The quantitative estimate of drug-likeness (QED) is 0.207. The molecule has 42 heavy (non-hydrogen) atoms. The fourth-order valence-electron chi connectivity index (χ4n) is 7.67. The van der Waals surface area contributed by atoms with E-state index in [1.807, 2.05) is 30.3 Å². The summed E-state index contributed by atoms with van der Waals surface area (Å²) in [6, 6.07) is 35.0. The molecule has 0 saturated carbocycles. The summed E-state index contributed by atoms with van der Waals surface area (Å²) in [6.07, 6.45) is 0. The second kappa shape index (κ2) is 8.17. The number of ether oxygens (including phenoxy) is 1. The maximum atomic E-state index is 6.22. The molecule has 3 heteroatoms. The number of benzene rings is 5. The number of nitrogens with zero attached hydrogens (tertiary/aromatic N) is 2. The average molecular weight is 543 g/mol. The number of rotatable bonds is 1. The Bertz CT molecular complexity index is 2140. The fraction of sp³-hybridized carbons (Fsp3) is 0.179. The number of hydrogen-bond donors (Lipinski definition) is 0. The minimum Gasteiger partial charge on any atom is -0.456 e. The molecule has 1 aliphatic heterocycles. The standard InChI is InChI=1S/C39H30N2O/c1-21-22(2)27-19-30-29-18-23(16-17-31(29)39(3,4)32(30)20-28(27)25-11-6-5-10-24(21)25)38-40-33-13-9-15-35-36(33)37(41-38)26-12-7-8-14-34(26)42-35/h5-22H,1-4H3. The van der Waals surface area contributed by atoms with Crippen molar-refractivity contribution in [1.29, 1.82) is 0 Å². The van der Waals surface area contributed by atoms with E-state index in [1.54, 1.807) is 0 Å². The summed E-state index contributed by atoms with van der Waals surface area (Å²) in [7, 11) is 0. The van der Waals surface area contributed by atoms with Gasteiger partial charge in [0.05, 0.1) is 16.6 Å². The van der Waals surface area contributed by atoms with E-state index in [0.29, 0.717) is 11.8 Å². The Kier molecular flexibility index (Phi) is 4.65. The molecule has 0 fully saturated rings. The Balaban J connectivity index is 1.25. The first-order valence-electron chi connectivity index (χ1n) is 14.9. The Morgan fingerprint density at radius 3 is 2.21 bits per heavy atom. The topological polar surface area (TPSA) is 35.0 Å². The molecule has 1 aromatic heterocycles. The van der Waals surface area contributed by atoms with Gasteiger partial charge >= 0.3 is 0 Å². The van der Waals surface area contributed by atoms with Gasteiger partial charge in [-0.1, -0.05) is 82.3 Å². The third-order valence-corrected chi connectivity index (χ3v) is 10.1. The Labute approximate surface area is 245 Å². The molecule has 2 heterocycles. The SMILES string of the molecule is CC1c2ccccc2-c2cc3c(cc2C1C)-c1cc(-c2nc4c5c(cccc5n2)Oc2ccccc2-4)ccc1C3(C)C. The van der Waals surface area contributed by atoms with Gasteiger partial charge in [0.15, 0.2) is 5.82 Å². The Morgan fingerprint density at radius 2 is 1.33 bits per heavy atom. The van der Waals surface area contributed by atoms with E-state index in [2.05, 4.69) is 94.4 Å². The van der Waals surface area contributed by atoms with Gasteiger partial charge in [-0.15, -0.1) is 0 Å². The first-order chi connectivity index (χ1) is 20.4. The van der Waals surface area contributed by atoms with Gasteiger partial charge in [0.2, 0.25) is 0 Å². The second-order valence-corrected chi connectivity index (χ2v) is 12.7.